The molecule has 0 aliphatic heterocycles. The van der Waals surface area contributed by atoms with Gasteiger partial charge in [0.25, 0.3) is 40.5 Å². The highest BCUT2D eigenvalue weighted by molar-refractivity contribution is 7.87. The Morgan fingerprint density at radius 3 is 0.493 bits per heavy atom. The van der Waals surface area contributed by atoms with Gasteiger partial charge in [0.05, 0.1) is 24.0 Å². The molecule has 15 aromatic rings. The number of carbonyl (C=O) groups excluding carboxylic acids is 4. The summed E-state index contributed by atoms with van der Waals surface area (Å²) in [5, 5.41) is 0. The molecule has 20 heteroatoms. The SMILES string of the molecule is C#Cc1ccc(C#C)cc1.COS(=O)(=O)c1ccc(C2=C(c3ccccc3)C(c3ccc(C4=C(c5ccc(S(=O)(=O)OC)cc5)C(=O)C(c5ccc(CS(=O)(=O)O)cc5)=C4c4ccccc4)cc3)=C(c3ccc(CS(=O)(=O)O)cc3)C2=O)cc1.O=C1C(c2ccccc2)=C(c2ccccc2)C(c2ccc(C3=C(c4ccccc4)C(=O)C(c4ccccc4)=C3c3ccccc3)cc2)=C1c1ccccc1. The Balaban J connectivity index is 0.000000179. The number of carbonyl (C=O) groups is 4. The van der Waals surface area contributed by atoms with Gasteiger partial charge >= 0.3 is 0 Å². The highest BCUT2D eigenvalue weighted by atomic mass is 32.2. The summed E-state index contributed by atoms with van der Waals surface area (Å²) in [7, 11) is -14.9. The van der Waals surface area contributed by atoms with E-state index in [4.69, 9.17) is 21.2 Å². The van der Waals surface area contributed by atoms with Gasteiger partial charge in [0.1, 0.15) is 11.5 Å². The van der Waals surface area contributed by atoms with Gasteiger partial charge in [-0.2, -0.15) is 33.7 Å². The van der Waals surface area contributed by atoms with Crippen LogP contribution in [0.2, 0.25) is 0 Å². The Labute approximate surface area is 801 Å². The first-order valence-corrected chi connectivity index (χ1v) is 49.5. The lowest BCUT2D eigenvalue weighted by Gasteiger charge is -2.17. The van der Waals surface area contributed by atoms with E-state index in [2.05, 4.69) is 60.4 Å². The second kappa shape index (κ2) is 40.1. The molecule has 0 unspecified atom stereocenters. The fraction of sp³-hybridized carbons (Fsp3) is 0.0339. The van der Waals surface area contributed by atoms with E-state index in [1.807, 2.05) is 231 Å². The van der Waals surface area contributed by atoms with Gasteiger partial charge in [-0.15, -0.1) is 12.8 Å². The van der Waals surface area contributed by atoms with E-state index >= 15 is 9.59 Å². The van der Waals surface area contributed by atoms with Crippen LogP contribution in [0.4, 0.5) is 0 Å². The van der Waals surface area contributed by atoms with E-state index in [1.165, 1.54) is 72.8 Å². The topological polar surface area (TPSA) is 264 Å². The molecule has 4 aliphatic carbocycles. The van der Waals surface area contributed by atoms with Crippen LogP contribution in [0.3, 0.4) is 0 Å². The van der Waals surface area contributed by atoms with Crippen LogP contribution in [-0.4, -0.2) is 80.1 Å². The van der Waals surface area contributed by atoms with Gasteiger partial charge in [0, 0.05) is 100 Å². The second-order valence-corrected chi connectivity index (χ2v) is 38.7. The predicted octanol–water partition coefficient (Wildman–Crippen LogP) is 22.9. The molecule has 674 valence electrons. The zero-order chi connectivity index (χ0) is 96.6. The number of rotatable bonds is 24. The van der Waals surface area contributed by atoms with Crippen LogP contribution in [-0.2, 0) is 79.5 Å². The maximum Gasteiger partial charge on any atom is 0.296 e. The highest BCUT2D eigenvalue weighted by Crippen LogP contribution is 2.56. The first-order chi connectivity index (χ1) is 66.7. The minimum Gasteiger partial charge on any atom is -0.289 e. The lowest BCUT2D eigenvalue weighted by atomic mass is 9.86. The Kier molecular flexibility index (Phi) is 27.1. The van der Waals surface area contributed by atoms with Gasteiger partial charge in [0.15, 0.2) is 23.1 Å². The summed E-state index contributed by atoms with van der Waals surface area (Å²) < 4.78 is 127. The number of hydrogen-bond acceptors (Lipinski definition) is 14. The van der Waals surface area contributed by atoms with Crippen molar-refractivity contribution in [1.82, 2.24) is 0 Å². The van der Waals surface area contributed by atoms with E-state index < -0.39 is 63.5 Å². The molecule has 19 rings (SSSR count). The van der Waals surface area contributed by atoms with Crippen LogP contribution in [0.1, 0.15) is 111 Å². The van der Waals surface area contributed by atoms with E-state index in [1.54, 1.807) is 60.7 Å². The van der Waals surface area contributed by atoms with E-state index in [0.29, 0.717) is 89.1 Å². The van der Waals surface area contributed by atoms with Crippen molar-refractivity contribution in [3.05, 3.63) is 524 Å². The molecule has 0 radical (unpaired) electrons. The Bertz CT molecular complexity index is 7970. The number of hydrogen-bond donors (Lipinski definition) is 2. The van der Waals surface area contributed by atoms with Crippen molar-refractivity contribution >= 4 is 153 Å². The van der Waals surface area contributed by atoms with Crippen molar-refractivity contribution in [2.45, 2.75) is 21.3 Å². The number of benzene rings is 15. The van der Waals surface area contributed by atoms with Crippen LogP contribution in [0.25, 0.3) is 89.2 Å². The standard InChI is InChI=1S/C56H42O14S4.C52H34O2.C10H6/c1-69-73(65,66)45-29-25-43(26-30-45)53-48(38-11-7-4-8-12-38)49(52(56(53)58)42-19-15-36(16-20-42)34-72(62,63)64)39-21-23-40(24-22-39)50-47(37-9-5-3-6-10-37)51(41-17-13-35(14-18-41)33-71(59,60)61)55(57)54(50)44-27-31-46(32-28-44)74(67,68)70-2;53-51-47(37-23-11-3-12-24-37)43(35-19-7-1-8-20-35)45(49(51)39-27-15-5-16-28-39)41-31-33-42(34-32-41)46-44(36-21-9-2-10-22-36)48(38-25-13-4-14-26-38)52(54)50(46)40-29-17-6-18-30-40;1-3-9-5-7-10(4-2)8-6-9/h3-32H,33-34H2,1-2H3,(H,59,60,61)(H,62,63,64);1-34H;1-2,5-8H. The summed E-state index contributed by atoms with van der Waals surface area (Å²) in [6.07, 6.45) is 10.3. The third-order valence-corrected chi connectivity index (χ3v) is 27.9. The lowest BCUT2D eigenvalue weighted by Crippen LogP contribution is -2.05. The molecule has 0 saturated carbocycles. The molecular weight excluding hydrogens is 1800 g/mol. The van der Waals surface area contributed by atoms with Crippen molar-refractivity contribution in [2.75, 3.05) is 14.2 Å². The first kappa shape index (κ1) is 93.5. The minimum atomic E-state index is -4.40. The Morgan fingerprint density at radius 2 is 0.341 bits per heavy atom. The van der Waals surface area contributed by atoms with E-state index in [0.717, 1.165) is 92.1 Å². The summed E-state index contributed by atoms with van der Waals surface area (Å²) in [4.78, 5) is 59.8. The van der Waals surface area contributed by atoms with Crippen LogP contribution >= 0.6 is 0 Å². The van der Waals surface area contributed by atoms with Crippen LogP contribution in [0.5, 0.6) is 0 Å². The molecule has 138 heavy (non-hydrogen) atoms. The number of Topliss-reactive ketones (excluding diaryl/α,β-unsaturated/α-hetero) is 4. The molecule has 2 N–H and O–H groups in total. The van der Waals surface area contributed by atoms with Crippen molar-refractivity contribution in [3.63, 3.8) is 0 Å². The lowest BCUT2D eigenvalue weighted by molar-refractivity contribution is -0.109. The molecule has 0 heterocycles. The normalized spacial score (nSPS) is 14.1. The molecule has 0 aromatic heterocycles. The average molecular weight is 1880 g/mol. The number of allylic oxidation sites excluding steroid dienone is 16. The number of ketones is 4. The molecule has 0 amide bonds. The predicted molar refractivity (Wildman–Crippen MR) is 546 cm³/mol. The molecule has 0 bridgehead atoms. The van der Waals surface area contributed by atoms with Gasteiger partial charge in [-0.05, 0) is 149 Å². The summed E-state index contributed by atoms with van der Waals surface area (Å²) in [6.45, 7) is 0. The molecule has 16 nitrogen and oxygen atoms in total. The molecule has 0 fully saturated rings. The number of terminal acetylenes is 2. The van der Waals surface area contributed by atoms with Crippen molar-refractivity contribution in [3.8, 4) is 24.7 Å². The minimum absolute atomic E-state index is 0.00240. The van der Waals surface area contributed by atoms with Crippen LogP contribution in [0.15, 0.2) is 422 Å². The summed E-state index contributed by atoms with van der Waals surface area (Å²) in [5.41, 5.74) is 22.7. The fourth-order valence-corrected chi connectivity index (χ4v) is 20.3. The third-order valence-electron chi connectivity index (χ3n) is 23.9. The van der Waals surface area contributed by atoms with Crippen LogP contribution < -0.4 is 0 Å². The molecule has 0 saturated heterocycles. The van der Waals surface area contributed by atoms with E-state index in [-0.39, 0.29) is 54.8 Å². The van der Waals surface area contributed by atoms with Crippen molar-refractivity contribution in [2.24, 2.45) is 0 Å². The zero-order valence-corrected chi connectivity index (χ0v) is 77.3. The Hall–Kier alpha value is -16.3. The monoisotopic (exact) mass is 1880 g/mol. The van der Waals surface area contributed by atoms with Gasteiger partial charge < -0.3 is 0 Å². The zero-order valence-electron chi connectivity index (χ0n) is 74.1. The summed E-state index contributed by atoms with van der Waals surface area (Å²) in [5.74, 6) is 2.84. The van der Waals surface area contributed by atoms with Crippen LogP contribution in [0, 0.1) is 24.7 Å². The molecule has 15 aromatic carbocycles. The summed E-state index contributed by atoms with van der Waals surface area (Å²) >= 11 is 0. The maximum atomic E-state index is 15.3. The molecular formula is C118H82O16S4. The van der Waals surface area contributed by atoms with Gasteiger partial charge in [0.2, 0.25) is 0 Å². The van der Waals surface area contributed by atoms with Gasteiger partial charge in [-0.3, -0.25) is 36.6 Å². The maximum absolute atomic E-state index is 15.3. The first-order valence-electron chi connectivity index (χ1n) is 43.5. The molecule has 0 atom stereocenters. The molecule has 4 aliphatic rings. The fourth-order valence-electron chi connectivity index (χ4n) is 17.8. The van der Waals surface area contributed by atoms with Crippen molar-refractivity contribution < 1.29 is 70.3 Å². The van der Waals surface area contributed by atoms with Crippen molar-refractivity contribution in [1.29, 1.82) is 0 Å². The van der Waals surface area contributed by atoms with Gasteiger partial charge in [-0.1, -0.05) is 376 Å². The van der Waals surface area contributed by atoms with E-state index in [9.17, 15) is 52.4 Å². The Morgan fingerprint density at radius 1 is 0.203 bits per heavy atom. The van der Waals surface area contributed by atoms with Gasteiger partial charge in [-0.25, -0.2) is 0 Å². The molecule has 0 spiro atoms. The average Bonchev–Trinajstić information content (AvgIpc) is 1.58. The second-order valence-electron chi connectivity index (χ2n) is 32.4. The smallest absolute Gasteiger partial charge is 0.289 e. The quantitative estimate of drug-likeness (QED) is 0.0323. The highest BCUT2D eigenvalue weighted by Gasteiger charge is 2.42. The third kappa shape index (κ3) is 19.5. The summed E-state index contributed by atoms with van der Waals surface area (Å²) in [6, 6.07) is 125. The largest absolute Gasteiger partial charge is 0.296 e.